The Bertz CT molecular complexity index is 1480. The van der Waals surface area contributed by atoms with Crippen molar-refractivity contribution < 1.29 is 9.47 Å². The molecule has 1 fully saturated rings. The van der Waals surface area contributed by atoms with Crippen molar-refractivity contribution in [1.29, 1.82) is 0 Å². The zero-order valence-electron chi connectivity index (χ0n) is 25.0. The number of fused-ring (bicyclic) bond motifs is 1. The van der Waals surface area contributed by atoms with Crippen LogP contribution in [-0.4, -0.2) is 40.8 Å². The fourth-order valence-corrected chi connectivity index (χ4v) is 6.78. The average Bonchev–Trinajstić information content (AvgIpc) is 3.58. The molecule has 0 radical (unpaired) electrons. The molecule has 218 valence electrons. The van der Waals surface area contributed by atoms with Crippen LogP contribution in [0.15, 0.2) is 54.7 Å². The van der Waals surface area contributed by atoms with Gasteiger partial charge in [-0.25, -0.2) is 4.98 Å². The summed E-state index contributed by atoms with van der Waals surface area (Å²) in [5.41, 5.74) is 14.6. The number of hydrazine groups is 1. The van der Waals surface area contributed by atoms with Crippen LogP contribution >= 0.6 is 11.3 Å². The van der Waals surface area contributed by atoms with Crippen LogP contribution in [0.5, 0.6) is 0 Å². The molecule has 3 aromatic heterocycles. The Morgan fingerprint density at radius 3 is 2.88 bits per heavy atom. The first kappa shape index (κ1) is 29.5. The zero-order valence-corrected chi connectivity index (χ0v) is 25.8. The number of methoxy groups -OCH3 is 1. The van der Waals surface area contributed by atoms with Crippen LogP contribution < -0.4 is 10.9 Å². The number of nitrogens with zero attached hydrogens (tertiary/aromatic N) is 3. The maximum absolute atomic E-state index is 5.76. The van der Waals surface area contributed by atoms with Gasteiger partial charge in [-0.3, -0.25) is 15.8 Å². The predicted octanol–water partition coefficient (Wildman–Crippen LogP) is 7.08. The van der Waals surface area contributed by atoms with Crippen LogP contribution in [-0.2, 0) is 28.9 Å². The number of thiazole rings is 1. The van der Waals surface area contributed by atoms with Gasteiger partial charge in [0.25, 0.3) is 0 Å². The molecule has 2 atom stereocenters. The number of benzene rings is 1. The first-order valence-electron chi connectivity index (χ1n) is 14.6. The van der Waals surface area contributed by atoms with Crippen LogP contribution in [0.25, 0.3) is 33.4 Å². The van der Waals surface area contributed by atoms with Gasteiger partial charge in [-0.05, 0) is 62.9 Å². The van der Waals surface area contributed by atoms with Gasteiger partial charge in [0, 0.05) is 71.7 Å². The SMILES string of the molecule is C=COCC(C)(C)Cc1c(-c2cccnc2C(C)OC)n(CC)c2ccc(-c3csc(CC4CCCNN4)n3)cc12. The molecular formula is C33H43N5O2S. The third-order valence-electron chi connectivity index (χ3n) is 7.99. The van der Waals surface area contributed by atoms with E-state index in [9.17, 15) is 0 Å². The number of ether oxygens (including phenoxy) is 2. The Kier molecular flexibility index (Phi) is 9.24. The highest BCUT2D eigenvalue weighted by atomic mass is 32.1. The predicted molar refractivity (Wildman–Crippen MR) is 169 cm³/mol. The van der Waals surface area contributed by atoms with E-state index < -0.39 is 0 Å². The number of aryl methyl sites for hydroxylation is 1. The van der Waals surface area contributed by atoms with E-state index in [1.165, 1.54) is 46.3 Å². The van der Waals surface area contributed by atoms with Gasteiger partial charge < -0.3 is 14.0 Å². The smallest absolute Gasteiger partial charge is 0.0969 e. The molecule has 1 aliphatic heterocycles. The van der Waals surface area contributed by atoms with Crippen molar-refractivity contribution in [2.24, 2.45) is 5.41 Å². The number of rotatable bonds is 12. The highest BCUT2D eigenvalue weighted by molar-refractivity contribution is 7.09. The third-order valence-corrected chi connectivity index (χ3v) is 8.86. The quantitative estimate of drug-likeness (QED) is 0.176. The van der Waals surface area contributed by atoms with Gasteiger partial charge in [-0.1, -0.05) is 26.5 Å². The highest BCUT2D eigenvalue weighted by Crippen LogP contribution is 2.41. The minimum absolute atomic E-state index is 0.115. The Morgan fingerprint density at radius 2 is 2.15 bits per heavy atom. The van der Waals surface area contributed by atoms with E-state index in [0.29, 0.717) is 12.6 Å². The van der Waals surface area contributed by atoms with E-state index in [1.807, 2.05) is 12.3 Å². The molecule has 1 aliphatic rings. The lowest BCUT2D eigenvalue weighted by Gasteiger charge is -2.25. The molecule has 2 unspecified atom stereocenters. The lowest BCUT2D eigenvalue weighted by atomic mass is 9.84. The van der Waals surface area contributed by atoms with Crippen LogP contribution in [0.2, 0.25) is 0 Å². The molecule has 5 rings (SSSR count). The summed E-state index contributed by atoms with van der Waals surface area (Å²) < 4.78 is 13.9. The molecule has 0 saturated carbocycles. The Balaban J connectivity index is 1.63. The normalized spacial score (nSPS) is 16.7. The fourth-order valence-electron chi connectivity index (χ4n) is 5.89. The summed E-state index contributed by atoms with van der Waals surface area (Å²) in [6.07, 6.45) is 7.41. The van der Waals surface area contributed by atoms with Crippen molar-refractivity contribution in [3.05, 3.63) is 71.0 Å². The molecule has 0 amide bonds. The molecule has 4 heterocycles. The molecule has 1 saturated heterocycles. The summed E-state index contributed by atoms with van der Waals surface area (Å²) in [7, 11) is 1.74. The molecule has 4 aromatic rings. The molecule has 41 heavy (non-hydrogen) atoms. The van der Waals surface area contributed by atoms with Crippen molar-refractivity contribution in [3.63, 3.8) is 0 Å². The maximum Gasteiger partial charge on any atom is 0.0969 e. The maximum atomic E-state index is 5.76. The number of hydrogen-bond acceptors (Lipinski definition) is 7. The van der Waals surface area contributed by atoms with Crippen molar-refractivity contribution in [2.45, 2.75) is 72.1 Å². The van der Waals surface area contributed by atoms with Crippen molar-refractivity contribution >= 4 is 22.2 Å². The van der Waals surface area contributed by atoms with E-state index >= 15 is 0 Å². The summed E-state index contributed by atoms with van der Waals surface area (Å²) in [5.74, 6) is 0. The van der Waals surface area contributed by atoms with Gasteiger partial charge in [0.05, 0.1) is 41.1 Å². The summed E-state index contributed by atoms with van der Waals surface area (Å²) >= 11 is 1.75. The van der Waals surface area contributed by atoms with Crippen molar-refractivity contribution in [3.8, 4) is 22.5 Å². The Labute approximate surface area is 248 Å². The first-order valence-corrected chi connectivity index (χ1v) is 15.5. The molecule has 1 aromatic carbocycles. The Morgan fingerprint density at radius 1 is 1.29 bits per heavy atom. The summed E-state index contributed by atoms with van der Waals surface area (Å²) in [5, 5.41) is 4.62. The van der Waals surface area contributed by atoms with Crippen LogP contribution in [0, 0.1) is 5.41 Å². The molecule has 7 nitrogen and oxygen atoms in total. The van der Waals surface area contributed by atoms with Gasteiger partial charge in [-0.15, -0.1) is 11.3 Å². The third kappa shape index (κ3) is 6.41. The molecule has 0 aliphatic carbocycles. The van der Waals surface area contributed by atoms with Crippen LogP contribution in [0.1, 0.15) is 62.9 Å². The number of nitrogens with one attached hydrogen (secondary N) is 2. The monoisotopic (exact) mass is 573 g/mol. The van der Waals surface area contributed by atoms with E-state index in [1.54, 1.807) is 18.4 Å². The number of aromatic nitrogens is 3. The van der Waals surface area contributed by atoms with E-state index in [0.717, 1.165) is 48.4 Å². The van der Waals surface area contributed by atoms with E-state index in [4.69, 9.17) is 19.4 Å². The summed E-state index contributed by atoms with van der Waals surface area (Å²) in [6, 6.07) is 11.4. The largest absolute Gasteiger partial charge is 0.501 e. The van der Waals surface area contributed by atoms with Crippen molar-refractivity contribution in [2.75, 3.05) is 20.3 Å². The molecule has 0 bridgehead atoms. The van der Waals surface area contributed by atoms with Gasteiger partial charge in [0.1, 0.15) is 0 Å². The minimum Gasteiger partial charge on any atom is -0.501 e. The van der Waals surface area contributed by atoms with Gasteiger partial charge in [-0.2, -0.15) is 0 Å². The molecular weight excluding hydrogens is 530 g/mol. The lowest BCUT2D eigenvalue weighted by molar-refractivity contribution is 0.116. The number of hydrogen-bond donors (Lipinski definition) is 2. The summed E-state index contributed by atoms with van der Waals surface area (Å²) in [4.78, 5) is 9.85. The fraction of sp³-hybridized carbons (Fsp3) is 0.455. The molecule has 2 N–H and O–H groups in total. The van der Waals surface area contributed by atoms with Crippen molar-refractivity contribution in [1.82, 2.24) is 25.4 Å². The first-order chi connectivity index (χ1) is 19.8. The van der Waals surface area contributed by atoms with Gasteiger partial charge >= 0.3 is 0 Å². The highest BCUT2D eigenvalue weighted by Gasteiger charge is 2.28. The Hall–Kier alpha value is -3.04. The van der Waals surface area contributed by atoms with Gasteiger partial charge in [0.2, 0.25) is 0 Å². The second-order valence-corrected chi connectivity index (χ2v) is 12.6. The number of pyridine rings is 1. The lowest BCUT2D eigenvalue weighted by Crippen LogP contribution is -2.46. The van der Waals surface area contributed by atoms with Crippen LogP contribution in [0.4, 0.5) is 0 Å². The topological polar surface area (TPSA) is 73.2 Å². The second-order valence-electron chi connectivity index (χ2n) is 11.7. The standard InChI is InChI=1S/C33H43N5O2S/c1-7-38-29-14-13-23(28-20-41-30(36-28)18-24-11-9-16-35-37-24)17-26(29)27(19-33(4,5)21-40-8-2)32(38)25-12-10-15-34-31(25)22(3)39-6/h8,10,12-15,17,20,22,24,35,37H,2,7,9,11,16,18-19,21H2,1,3-6H3. The minimum atomic E-state index is -0.127. The van der Waals surface area contributed by atoms with E-state index in [2.05, 4.69) is 79.3 Å². The average molecular weight is 574 g/mol. The van der Waals surface area contributed by atoms with Crippen LogP contribution in [0.3, 0.4) is 0 Å². The summed E-state index contributed by atoms with van der Waals surface area (Å²) in [6.45, 7) is 15.0. The molecule has 0 spiro atoms. The molecule has 8 heteroatoms. The second kappa shape index (κ2) is 12.9. The zero-order chi connectivity index (χ0) is 29.0. The van der Waals surface area contributed by atoms with Gasteiger partial charge in [0.15, 0.2) is 0 Å². The van der Waals surface area contributed by atoms with E-state index in [-0.39, 0.29) is 11.5 Å².